The molecule has 7 heteroatoms. The van der Waals surface area contributed by atoms with Gasteiger partial charge in [0.25, 0.3) is 0 Å². The third-order valence-electron chi connectivity index (χ3n) is 3.33. The van der Waals surface area contributed by atoms with Gasteiger partial charge in [-0.1, -0.05) is 12.1 Å². The quantitative estimate of drug-likeness (QED) is 0.625. The highest BCUT2D eigenvalue weighted by Gasteiger charge is 2.12. The van der Waals surface area contributed by atoms with E-state index in [9.17, 15) is 19.0 Å². The normalized spacial score (nSPS) is 11.0. The van der Waals surface area contributed by atoms with E-state index in [1.165, 1.54) is 0 Å². The van der Waals surface area contributed by atoms with E-state index >= 15 is 0 Å². The first-order chi connectivity index (χ1) is 10.9. The number of aromatic hydroxyl groups is 2. The van der Waals surface area contributed by atoms with Crippen LogP contribution in [0.2, 0.25) is 0 Å². The average molecular weight is 452 g/mol. The molecule has 2 aromatic carbocycles. The van der Waals surface area contributed by atoms with Crippen LogP contribution in [-0.2, 0) is 17.6 Å². The summed E-state index contributed by atoms with van der Waals surface area (Å²) < 4.78 is 33.5. The molecule has 124 valence electrons. The third kappa shape index (κ3) is 4.43. The first kappa shape index (κ1) is 18.2. The van der Waals surface area contributed by atoms with Crippen LogP contribution in [0.4, 0.5) is 8.78 Å². The number of ether oxygens (including phenoxy) is 1. The molecule has 2 rings (SSSR count). The van der Waals surface area contributed by atoms with Crippen molar-refractivity contribution in [3.8, 4) is 11.5 Å². The summed E-state index contributed by atoms with van der Waals surface area (Å²) in [7, 11) is 0. The molecule has 0 spiro atoms. The van der Waals surface area contributed by atoms with Crippen molar-refractivity contribution < 1.29 is 23.7 Å². The fourth-order valence-electron chi connectivity index (χ4n) is 2.02. The van der Waals surface area contributed by atoms with Crippen LogP contribution < -0.4 is 0 Å². The van der Waals surface area contributed by atoms with Gasteiger partial charge in [0.1, 0.15) is 0 Å². The van der Waals surface area contributed by atoms with E-state index < -0.39 is 23.1 Å². The van der Waals surface area contributed by atoms with Crippen LogP contribution in [0, 0.1) is 11.6 Å². The van der Waals surface area contributed by atoms with Gasteiger partial charge >= 0.3 is 0 Å². The Kier molecular flexibility index (Phi) is 6.38. The smallest absolute Gasteiger partial charge is 0.169 e. The molecule has 2 aromatic rings. The van der Waals surface area contributed by atoms with Crippen LogP contribution in [0.1, 0.15) is 11.1 Å². The van der Waals surface area contributed by atoms with E-state index in [1.807, 2.05) is 0 Å². The van der Waals surface area contributed by atoms with Gasteiger partial charge in [0, 0.05) is 0 Å². The first-order valence-corrected chi connectivity index (χ1v) is 8.39. The number of hydrogen-bond acceptors (Lipinski definition) is 3. The highest BCUT2D eigenvalue weighted by molar-refractivity contribution is 9.10. The molecule has 0 atom stereocenters. The van der Waals surface area contributed by atoms with Gasteiger partial charge in [-0.15, -0.1) is 0 Å². The molecule has 2 N–H and O–H groups in total. The van der Waals surface area contributed by atoms with Crippen LogP contribution in [0.3, 0.4) is 0 Å². The second-order valence-electron chi connectivity index (χ2n) is 4.85. The maximum absolute atomic E-state index is 13.8. The predicted octanol–water partition coefficient (Wildman–Crippen LogP) is 4.70. The van der Waals surface area contributed by atoms with E-state index in [1.54, 1.807) is 24.3 Å². The van der Waals surface area contributed by atoms with Gasteiger partial charge in [-0.2, -0.15) is 0 Å². The molecule has 0 unspecified atom stereocenters. The molecule has 0 saturated carbocycles. The van der Waals surface area contributed by atoms with Crippen LogP contribution in [0.15, 0.2) is 33.2 Å². The Labute approximate surface area is 149 Å². The van der Waals surface area contributed by atoms with Crippen molar-refractivity contribution in [2.24, 2.45) is 0 Å². The van der Waals surface area contributed by atoms with Gasteiger partial charge in [-0.05, 0) is 68.0 Å². The Morgan fingerprint density at radius 2 is 1.17 bits per heavy atom. The molecule has 0 bridgehead atoms. The average Bonchev–Trinajstić information content (AvgIpc) is 2.54. The Hall–Kier alpha value is -1.18. The van der Waals surface area contributed by atoms with E-state index in [0.29, 0.717) is 32.9 Å². The van der Waals surface area contributed by atoms with Crippen LogP contribution in [0.5, 0.6) is 11.5 Å². The van der Waals surface area contributed by atoms with E-state index in [2.05, 4.69) is 31.9 Å². The summed E-state index contributed by atoms with van der Waals surface area (Å²) in [4.78, 5) is 0. The molecule has 0 heterocycles. The first-order valence-electron chi connectivity index (χ1n) is 6.81. The second-order valence-corrected chi connectivity index (χ2v) is 6.56. The molecule has 0 aliphatic rings. The van der Waals surface area contributed by atoms with E-state index in [-0.39, 0.29) is 13.2 Å². The Bertz CT molecular complexity index is 649. The van der Waals surface area contributed by atoms with Gasteiger partial charge in [0.05, 0.1) is 22.2 Å². The van der Waals surface area contributed by atoms with Crippen LogP contribution in [-0.4, -0.2) is 23.4 Å². The fraction of sp³-hybridized carbons (Fsp3) is 0.250. The number of hydrogen-bond donors (Lipinski definition) is 2. The Balaban J connectivity index is 1.83. The standard InChI is InChI=1S/C16H14Br2F2O3/c17-11-3-1-9(13(19)15(11)21)5-7-23-8-6-10-2-4-12(18)16(22)14(10)20/h1-4,21-22H,5-8H2. The third-order valence-corrected chi connectivity index (χ3v) is 4.61. The molecule has 3 nitrogen and oxygen atoms in total. The van der Waals surface area contributed by atoms with Crippen molar-refractivity contribution in [1.82, 2.24) is 0 Å². The summed E-state index contributed by atoms with van der Waals surface area (Å²) in [6, 6.07) is 6.26. The van der Waals surface area contributed by atoms with Crippen molar-refractivity contribution in [3.63, 3.8) is 0 Å². The maximum Gasteiger partial charge on any atom is 0.169 e. The van der Waals surface area contributed by atoms with Crippen molar-refractivity contribution in [2.75, 3.05) is 13.2 Å². The lowest BCUT2D eigenvalue weighted by molar-refractivity contribution is 0.139. The van der Waals surface area contributed by atoms with E-state index in [4.69, 9.17) is 4.74 Å². The van der Waals surface area contributed by atoms with Crippen LogP contribution >= 0.6 is 31.9 Å². The topological polar surface area (TPSA) is 49.7 Å². The maximum atomic E-state index is 13.8. The summed E-state index contributed by atoms with van der Waals surface area (Å²) >= 11 is 6.07. The fourth-order valence-corrected chi connectivity index (χ4v) is 2.63. The zero-order valence-electron chi connectivity index (χ0n) is 12.0. The minimum atomic E-state index is -0.674. The molecule has 0 amide bonds. The predicted molar refractivity (Wildman–Crippen MR) is 89.8 cm³/mol. The molecule has 0 radical (unpaired) electrons. The van der Waals surface area contributed by atoms with Gasteiger partial charge in [-0.25, -0.2) is 8.78 Å². The second kappa shape index (κ2) is 8.08. The molecule has 0 aliphatic heterocycles. The summed E-state index contributed by atoms with van der Waals surface area (Å²) in [5, 5.41) is 19.0. The lowest BCUT2D eigenvalue weighted by Gasteiger charge is -2.09. The minimum absolute atomic E-state index is 0.238. The molecule has 0 aromatic heterocycles. The molecular formula is C16H14Br2F2O3. The number of benzene rings is 2. The number of phenols is 2. The highest BCUT2D eigenvalue weighted by Crippen LogP contribution is 2.30. The minimum Gasteiger partial charge on any atom is -0.504 e. The summed E-state index contributed by atoms with van der Waals surface area (Å²) in [6.45, 7) is 0.476. The lowest BCUT2D eigenvalue weighted by Crippen LogP contribution is -2.05. The van der Waals surface area contributed by atoms with Crippen molar-refractivity contribution >= 4 is 31.9 Å². The van der Waals surface area contributed by atoms with Crippen molar-refractivity contribution in [2.45, 2.75) is 12.8 Å². The highest BCUT2D eigenvalue weighted by atomic mass is 79.9. The SMILES string of the molecule is Oc1c(Br)ccc(CCOCCc2ccc(Br)c(O)c2F)c1F. The monoisotopic (exact) mass is 450 g/mol. The molecule has 23 heavy (non-hydrogen) atoms. The lowest BCUT2D eigenvalue weighted by atomic mass is 10.1. The van der Waals surface area contributed by atoms with Crippen LogP contribution in [0.25, 0.3) is 0 Å². The van der Waals surface area contributed by atoms with Gasteiger partial charge in [0.2, 0.25) is 0 Å². The number of halogens is 4. The molecule has 0 saturated heterocycles. The van der Waals surface area contributed by atoms with E-state index in [0.717, 1.165) is 0 Å². The molecule has 0 aliphatic carbocycles. The number of phenolic OH excluding ortho intramolecular Hbond substituents is 2. The van der Waals surface area contributed by atoms with Gasteiger partial charge < -0.3 is 14.9 Å². The van der Waals surface area contributed by atoms with Crippen molar-refractivity contribution in [1.29, 1.82) is 0 Å². The zero-order valence-corrected chi connectivity index (χ0v) is 15.1. The Morgan fingerprint density at radius 1 is 0.783 bits per heavy atom. The Morgan fingerprint density at radius 3 is 1.57 bits per heavy atom. The summed E-state index contributed by atoms with van der Waals surface area (Å²) in [5.41, 5.74) is 0.691. The van der Waals surface area contributed by atoms with Crippen molar-refractivity contribution in [3.05, 3.63) is 56.0 Å². The van der Waals surface area contributed by atoms with Gasteiger partial charge in [0.15, 0.2) is 23.1 Å². The molecule has 0 fully saturated rings. The zero-order chi connectivity index (χ0) is 17.0. The number of rotatable bonds is 6. The summed E-state index contributed by atoms with van der Waals surface area (Å²) in [6.07, 6.45) is 0.585. The molecular weight excluding hydrogens is 438 g/mol. The van der Waals surface area contributed by atoms with Gasteiger partial charge in [-0.3, -0.25) is 0 Å². The summed E-state index contributed by atoms with van der Waals surface area (Å²) in [5.74, 6) is -2.19. The largest absolute Gasteiger partial charge is 0.504 e.